The van der Waals surface area contributed by atoms with Crippen LogP contribution in [0.3, 0.4) is 0 Å². The maximum Gasteiger partial charge on any atom is 0.410 e. The monoisotopic (exact) mass is 461 g/mol. The van der Waals surface area contributed by atoms with E-state index in [2.05, 4.69) is 21.1 Å². The molecule has 31 heavy (non-hydrogen) atoms. The normalized spacial score (nSPS) is 15.5. The van der Waals surface area contributed by atoms with Gasteiger partial charge in [0.1, 0.15) is 16.6 Å². The van der Waals surface area contributed by atoms with E-state index in [4.69, 9.17) is 27.9 Å². The molecule has 0 radical (unpaired) electrons. The van der Waals surface area contributed by atoms with Crippen LogP contribution in [-0.2, 0) is 4.74 Å². The van der Waals surface area contributed by atoms with Crippen LogP contribution in [0, 0.1) is 6.92 Å². The number of aromatic nitrogens is 4. The van der Waals surface area contributed by atoms with E-state index in [0.29, 0.717) is 34.9 Å². The van der Waals surface area contributed by atoms with Crippen molar-refractivity contribution in [1.82, 2.24) is 24.6 Å². The van der Waals surface area contributed by atoms with Crippen molar-refractivity contribution in [3.63, 3.8) is 0 Å². The molecule has 0 atom stereocenters. The lowest BCUT2D eigenvalue weighted by Gasteiger charge is -2.34. The van der Waals surface area contributed by atoms with Crippen molar-refractivity contribution in [2.75, 3.05) is 13.1 Å². The van der Waals surface area contributed by atoms with Crippen LogP contribution in [0.4, 0.5) is 4.79 Å². The molecule has 0 spiro atoms. The van der Waals surface area contributed by atoms with E-state index in [0.717, 1.165) is 29.3 Å². The summed E-state index contributed by atoms with van der Waals surface area (Å²) >= 11 is 12.8. The minimum Gasteiger partial charge on any atom is -0.444 e. The van der Waals surface area contributed by atoms with Crippen LogP contribution < -0.4 is 0 Å². The van der Waals surface area contributed by atoms with E-state index in [1.165, 1.54) is 0 Å². The van der Waals surface area contributed by atoms with Crippen molar-refractivity contribution in [2.45, 2.75) is 52.1 Å². The van der Waals surface area contributed by atoms with Crippen LogP contribution in [0.5, 0.6) is 0 Å². The van der Waals surface area contributed by atoms with Crippen molar-refractivity contribution in [1.29, 1.82) is 0 Å². The number of ether oxygens (including phenoxy) is 1. The Kier molecular flexibility index (Phi) is 5.83. The van der Waals surface area contributed by atoms with Crippen LogP contribution in [0.1, 0.15) is 50.9 Å². The van der Waals surface area contributed by atoms with Crippen LogP contribution in [-0.4, -0.2) is 49.4 Å². The first-order valence-electron chi connectivity index (χ1n) is 10.3. The number of hydrogen-bond acceptors (Lipinski definition) is 5. The van der Waals surface area contributed by atoms with E-state index in [1.807, 2.05) is 26.8 Å². The highest BCUT2D eigenvalue weighted by Crippen LogP contribution is 2.36. The zero-order chi connectivity index (χ0) is 22.3. The average Bonchev–Trinajstić information content (AvgIpc) is 3.08. The van der Waals surface area contributed by atoms with Crippen molar-refractivity contribution in [2.24, 2.45) is 0 Å². The molecule has 1 amide bonds. The van der Waals surface area contributed by atoms with E-state index >= 15 is 0 Å². The van der Waals surface area contributed by atoms with Gasteiger partial charge in [0.15, 0.2) is 5.82 Å². The Morgan fingerprint density at radius 3 is 2.48 bits per heavy atom. The number of likely N-dealkylation sites (tertiary alicyclic amines) is 1. The van der Waals surface area contributed by atoms with Gasteiger partial charge in [-0.1, -0.05) is 23.2 Å². The number of rotatable bonds is 2. The van der Waals surface area contributed by atoms with Gasteiger partial charge >= 0.3 is 6.09 Å². The second-order valence-corrected chi connectivity index (χ2v) is 9.62. The van der Waals surface area contributed by atoms with Crippen molar-refractivity contribution in [3.8, 4) is 5.82 Å². The number of hydrogen-bond donors (Lipinski definition) is 0. The second-order valence-electron chi connectivity index (χ2n) is 8.83. The summed E-state index contributed by atoms with van der Waals surface area (Å²) < 4.78 is 7.26. The van der Waals surface area contributed by atoms with Gasteiger partial charge in [-0.05, 0) is 64.2 Å². The minimum atomic E-state index is -0.497. The highest BCUT2D eigenvalue weighted by molar-refractivity contribution is 6.32. The minimum absolute atomic E-state index is 0.245. The number of nitrogens with zero attached hydrogens (tertiary/aromatic N) is 5. The summed E-state index contributed by atoms with van der Waals surface area (Å²) in [5.74, 6) is 1.44. The van der Waals surface area contributed by atoms with Gasteiger partial charge in [0.25, 0.3) is 0 Å². The highest BCUT2D eigenvalue weighted by Gasteiger charge is 2.28. The fourth-order valence-corrected chi connectivity index (χ4v) is 4.43. The molecule has 164 valence electrons. The number of aryl methyl sites for hydroxylation is 1. The van der Waals surface area contributed by atoms with Gasteiger partial charge in [-0.25, -0.2) is 19.4 Å². The highest BCUT2D eigenvalue weighted by atomic mass is 35.5. The number of halogens is 2. The lowest BCUT2D eigenvalue weighted by atomic mass is 9.89. The van der Waals surface area contributed by atoms with Gasteiger partial charge in [0.05, 0.1) is 11.7 Å². The van der Waals surface area contributed by atoms with E-state index in [-0.39, 0.29) is 12.0 Å². The fraction of sp³-hybridized carbons (Fsp3) is 0.455. The molecule has 7 nitrogen and oxygen atoms in total. The molecule has 3 heterocycles. The van der Waals surface area contributed by atoms with Gasteiger partial charge in [-0.15, -0.1) is 0 Å². The molecule has 2 aromatic heterocycles. The summed E-state index contributed by atoms with van der Waals surface area (Å²) in [7, 11) is 0. The number of amides is 1. The molecule has 0 unspecified atom stereocenters. The Balaban J connectivity index is 1.59. The number of fused-ring (bicyclic) bond motifs is 1. The van der Waals surface area contributed by atoms with E-state index in [1.54, 1.807) is 28.8 Å². The predicted octanol–water partition coefficient (Wildman–Crippen LogP) is 5.55. The summed E-state index contributed by atoms with van der Waals surface area (Å²) in [5.41, 5.74) is 1.46. The molecule has 1 fully saturated rings. The fourth-order valence-electron chi connectivity index (χ4n) is 3.88. The Hall–Kier alpha value is -2.38. The second kappa shape index (κ2) is 8.28. The quantitative estimate of drug-likeness (QED) is 0.468. The summed E-state index contributed by atoms with van der Waals surface area (Å²) in [6.07, 6.45) is 3.14. The Labute approximate surface area is 191 Å². The third kappa shape index (κ3) is 4.77. The molecule has 9 heteroatoms. The average molecular weight is 462 g/mol. The summed E-state index contributed by atoms with van der Waals surface area (Å²) in [6, 6.07) is 5.70. The first kappa shape index (κ1) is 21.8. The molecule has 1 saturated heterocycles. The Morgan fingerprint density at radius 2 is 1.84 bits per heavy atom. The van der Waals surface area contributed by atoms with Crippen LogP contribution >= 0.6 is 23.2 Å². The van der Waals surface area contributed by atoms with Crippen LogP contribution in [0.15, 0.2) is 24.4 Å². The standard InChI is InChI=1S/C22H25Cl2N5O2/c1-13-26-19(24)11-20(27-13)29-18-10-16(17(23)9-15(18)12-25-29)14-5-7-28(8-6-14)21(30)31-22(2,3)4/h9-12,14H,5-8H2,1-4H3. The number of carbonyl (C=O) groups excluding carboxylic acids is 1. The summed E-state index contributed by atoms with van der Waals surface area (Å²) in [5, 5.41) is 6.49. The molecule has 0 aliphatic carbocycles. The van der Waals surface area contributed by atoms with Gasteiger partial charge in [0, 0.05) is 29.6 Å². The van der Waals surface area contributed by atoms with Gasteiger partial charge < -0.3 is 9.64 Å². The van der Waals surface area contributed by atoms with Gasteiger partial charge in [-0.2, -0.15) is 5.10 Å². The molecule has 3 aromatic rings. The molecular formula is C22H25Cl2N5O2. The first-order valence-corrected chi connectivity index (χ1v) is 11.0. The smallest absolute Gasteiger partial charge is 0.410 e. The maximum atomic E-state index is 12.4. The molecule has 0 saturated carbocycles. The van der Waals surface area contributed by atoms with Gasteiger partial charge in [-0.3, -0.25) is 0 Å². The first-order chi connectivity index (χ1) is 14.6. The molecular weight excluding hydrogens is 437 g/mol. The van der Waals surface area contributed by atoms with Crippen molar-refractivity contribution < 1.29 is 9.53 Å². The Morgan fingerprint density at radius 1 is 1.13 bits per heavy atom. The van der Waals surface area contributed by atoms with Crippen LogP contribution in [0.2, 0.25) is 10.2 Å². The number of piperidine rings is 1. The van der Waals surface area contributed by atoms with Crippen LogP contribution in [0.25, 0.3) is 16.7 Å². The largest absolute Gasteiger partial charge is 0.444 e. The SMILES string of the molecule is Cc1nc(Cl)cc(-n2ncc3cc(Cl)c(C4CCN(C(=O)OC(C)(C)C)CC4)cc32)n1. The molecule has 1 aliphatic heterocycles. The van der Waals surface area contributed by atoms with Crippen molar-refractivity contribution >= 4 is 40.2 Å². The summed E-state index contributed by atoms with van der Waals surface area (Å²) in [6.45, 7) is 8.69. The molecule has 1 aromatic carbocycles. The molecule has 1 aliphatic rings. The summed E-state index contributed by atoms with van der Waals surface area (Å²) in [4.78, 5) is 22.7. The Bertz CT molecular complexity index is 1110. The van der Waals surface area contributed by atoms with Crippen molar-refractivity contribution in [3.05, 3.63) is 46.0 Å². The van der Waals surface area contributed by atoms with Gasteiger partial charge in [0.2, 0.25) is 0 Å². The number of benzene rings is 1. The molecule has 4 rings (SSSR count). The number of carbonyl (C=O) groups is 1. The zero-order valence-electron chi connectivity index (χ0n) is 18.0. The third-order valence-electron chi connectivity index (χ3n) is 5.28. The lowest BCUT2D eigenvalue weighted by molar-refractivity contribution is 0.0205. The third-order valence-corrected chi connectivity index (χ3v) is 5.80. The molecule has 0 N–H and O–H groups in total. The topological polar surface area (TPSA) is 73.1 Å². The zero-order valence-corrected chi connectivity index (χ0v) is 19.5. The van der Waals surface area contributed by atoms with E-state index < -0.39 is 5.60 Å². The predicted molar refractivity (Wildman–Crippen MR) is 121 cm³/mol. The lowest BCUT2D eigenvalue weighted by Crippen LogP contribution is -2.41. The maximum absolute atomic E-state index is 12.4. The van der Waals surface area contributed by atoms with E-state index in [9.17, 15) is 4.79 Å². The molecule has 0 bridgehead atoms.